The Bertz CT molecular complexity index is 923. The van der Waals surface area contributed by atoms with Crippen LogP contribution in [0.25, 0.3) is 10.2 Å². The molecule has 0 unspecified atom stereocenters. The molecule has 0 spiro atoms. The number of thiazole rings is 1. The fraction of sp³-hybridized carbons (Fsp3) is 0.176. The first kappa shape index (κ1) is 15.3. The summed E-state index contributed by atoms with van der Waals surface area (Å²) in [7, 11) is 0. The molecule has 0 saturated heterocycles. The van der Waals surface area contributed by atoms with Gasteiger partial charge in [0.2, 0.25) is 0 Å². The van der Waals surface area contributed by atoms with Gasteiger partial charge in [-0.3, -0.25) is 10.1 Å². The Morgan fingerprint density at radius 1 is 1.21 bits per heavy atom. The summed E-state index contributed by atoms with van der Waals surface area (Å²) in [6.45, 7) is 1.02. The zero-order valence-corrected chi connectivity index (χ0v) is 14.5. The molecule has 0 bridgehead atoms. The average molecular weight is 358 g/mol. The summed E-state index contributed by atoms with van der Waals surface area (Å²) in [5.41, 5.74) is 1.44. The number of rotatable bonds is 3. The van der Waals surface area contributed by atoms with Gasteiger partial charge in [0.1, 0.15) is 13.2 Å². The molecule has 4 rings (SSSR count). The van der Waals surface area contributed by atoms with E-state index < -0.39 is 0 Å². The molecule has 0 atom stereocenters. The molecule has 3 aromatic rings. The average Bonchev–Trinajstić information content (AvgIpc) is 3.03. The van der Waals surface area contributed by atoms with Crippen LogP contribution in [0.4, 0.5) is 5.13 Å². The first-order valence-corrected chi connectivity index (χ1v) is 9.43. The molecule has 122 valence electrons. The molecule has 2 heterocycles. The Morgan fingerprint density at radius 2 is 2.04 bits per heavy atom. The van der Waals surface area contributed by atoms with E-state index in [1.165, 1.54) is 11.3 Å². The quantitative estimate of drug-likeness (QED) is 0.716. The van der Waals surface area contributed by atoms with Gasteiger partial charge in [-0.05, 0) is 36.6 Å². The van der Waals surface area contributed by atoms with Crippen molar-refractivity contribution in [3.63, 3.8) is 0 Å². The standard InChI is InChI=1S/C17H14N2O3S2/c1-23-13-3-2-4-14-15(13)18-17(24-14)19-16(20)10-5-6-11-12(9-10)22-8-7-21-11/h2-6,9H,7-8H2,1H3,(H,18,19,20). The highest BCUT2D eigenvalue weighted by atomic mass is 32.2. The summed E-state index contributed by atoms with van der Waals surface area (Å²) < 4.78 is 12.0. The first-order chi connectivity index (χ1) is 11.7. The molecule has 5 nitrogen and oxygen atoms in total. The van der Waals surface area contributed by atoms with Gasteiger partial charge >= 0.3 is 0 Å². The second-order valence-electron chi connectivity index (χ2n) is 5.14. The molecule has 1 amide bonds. The molecule has 1 aliphatic heterocycles. The highest BCUT2D eigenvalue weighted by Gasteiger charge is 2.16. The van der Waals surface area contributed by atoms with Gasteiger partial charge in [-0.2, -0.15) is 0 Å². The number of para-hydroxylation sites is 1. The lowest BCUT2D eigenvalue weighted by Gasteiger charge is -2.18. The van der Waals surface area contributed by atoms with Crippen molar-refractivity contribution in [1.82, 2.24) is 4.98 Å². The highest BCUT2D eigenvalue weighted by Crippen LogP contribution is 2.33. The zero-order chi connectivity index (χ0) is 16.5. The second kappa shape index (κ2) is 6.33. The predicted octanol–water partition coefficient (Wildman–Crippen LogP) is 4.04. The van der Waals surface area contributed by atoms with Gasteiger partial charge in [-0.15, -0.1) is 11.8 Å². The minimum Gasteiger partial charge on any atom is -0.486 e. The van der Waals surface area contributed by atoms with Crippen molar-refractivity contribution >= 4 is 44.4 Å². The van der Waals surface area contributed by atoms with Crippen LogP contribution in [0.2, 0.25) is 0 Å². The number of hydrogen-bond acceptors (Lipinski definition) is 6. The van der Waals surface area contributed by atoms with Crippen molar-refractivity contribution < 1.29 is 14.3 Å². The van der Waals surface area contributed by atoms with Crippen molar-refractivity contribution in [2.75, 3.05) is 24.8 Å². The largest absolute Gasteiger partial charge is 0.486 e. The van der Waals surface area contributed by atoms with Crippen LogP contribution in [-0.4, -0.2) is 30.4 Å². The number of thioether (sulfide) groups is 1. The maximum absolute atomic E-state index is 12.5. The van der Waals surface area contributed by atoms with Crippen LogP contribution in [0.15, 0.2) is 41.3 Å². The van der Waals surface area contributed by atoms with Crippen LogP contribution in [0.3, 0.4) is 0 Å². The summed E-state index contributed by atoms with van der Waals surface area (Å²) in [5.74, 6) is 1.06. The number of benzene rings is 2. The molecule has 0 aliphatic carbocycles. The Labute approximate surface area is 147 Å². The third-order valence-corrected chi connectivity index (χ3v) is 5.33. The van der Waals surface area contributed by atoms with Crippen LogP contribution in [0.1, 0.15) is 10.4 Å². The number of nitrogens with zero attached hydrogens (tertiary/aromatic N) is 1. The second-order valence-corrected chi connectivity index (χ2v) is 7.02. The molecule has 2 aromatic carbocycles. The highest BCUT2D eigenvalue weighted by molar-refractivity contribution is 7.98. The number of fused-ring (bicyclic) bond motifs is 2. The third-order valence-electron chi connectivity index (χ3n) is 3.63. The van der Waals surface area contributed by atoms with E-state index in [-0.39, 0.29) is 5.91 Å². The van der Waals surface area contributed by atoms with Gasteiger partial charge in [-0.1, -0.05) is 17.4 Å². The van der Waals surface area contributed by atoms with Crippen LogP contribution in [0, 0.1) is 0 Å². The summed E-state index contributed by atoms with van der Waals surface area (Å²) in [5, 5.41) is 3.46. The number of anilines is 1. The van der Waals surface area contributed by atoms with E-state index in [9.17, 15) is 4.79 Å². The summed E-state index contributed by atoms with van der Waals surface area (Å²) in [4.78, 5) is 18.1. The van der Waals surface area contributed by atoms with Gasteiger partial charge < -0.3 is 9.47 Å². The number of carbonyl (C=O) groups excluding carboxylic acids is 1. The lowest BCUT2D eigenvalue weighted by Crippen LogP contribution is -2.17. The third kappa shape index (κ3) is 2.81. The number of ether oxygens (including phenoxy) is 2. The van der Waals surface area contributed by atoms with Crippen molar-refractivity contribution in [2.24, 2.45) is 0 Å². The van der Waals surface area contributed by atoms with Crippen LogP contribution < -0.4 is 14.8 Å². The fourth-order valence-electron chi connectivity index (χ4n) is 2.50. The van der Waals surface area contributed by atoms with E-state index in [0.29, 0.717) is 35.4 Å². The summed E-state index contributed by atoms with van der Waals surface area (Å²) in [6, 6.07) is 11.2. The number of aromatic nitrogens is 1. The molecule has 0 saturated carbocycles. The summed E-state index contributed by atoms with van der Waals surface area (Å²) in [6.07, 6.45) is 2.02. The normalized spacial score (nSPS) is 13.0. The molecule has 24 heavy (non-hydrogen) atoms. The lowest BCUT2D eigenvalue weighted by atomic mass is 10.2. The van der Waals surface area contributed by atoms with Crippen molar-refractivity contribution in [1.29, 1.82) is 0 Å². The number of nitrogens with one attached hydrogen (secondary N) is 1. The minimum absolute atomic E-state index is 0.211. The molecule has 1 N–H and O–H groups in total. The molecule has 1 aliphatic rings. The Morgan fingerprint density at radius 3 is 2.88 bits per heavy atom. The predicted molar refractivity (Wildman–Crippen MR) is 96.8 cm³/mol. The maximum Gasteiger partial charge on any atom is 0.257 e. The Balaban J connectivity index is 1.60. The van der Waals surface area contributed by atoms with Gasteiger partial charge in [-0.25, -0.2) is 4.98 Å². The van der Waals surface area contributed by atoms with Gasteiger partial charge in [0.15, 0.2) is 16.6 Å². The van der Waals surface area contributed by atoms with E-state index in [1.807, 2.05) is 24.5 Å². The monoisotopic (exact) mass is 358 g/mol. The van der Waals surface area contributed by atoms with Crippen LogP contribution >= 0.6 is 23.1 Å². The van der Waals surface area contributed by atoms with Gasteiger partial charge in [0.25, 0.3) is 5.91 Å². The maximum atomic E-state index is 12.5. The Kier molecular flexibility index (Phi) is 4.03. The van der Waals surface area contributed by atoms with E-state index in [1.54, 1.807) is 30.0 Å². The van der Waals surface area contributed by atoms with E-state index in [0.717, 1.165) is 15.1 Å². The van der Waals surface area contributed by atoms with Gasteiger partial charge in [0.05, 0.1) is 10.2 Å². The number of hydrogen-bond donors (Lipinski definition) is 1. The van der Waals surface area contributed by atoms with E-state index in [4.69, 9.17) is 9.47 Å². The molecule has 0 fully saturated rings. The molecular weight excluding hydrogens is 344 g/mol. The van der Waals surface area contributed by atoms with E-state index in [2.05, 4.69) is 10.3 Å². The molecule has 0 radical (unpaired) electrons. The topological polar surface area (TPSA) is 60.5 Å². The number of carbonyl (C=O) groups is 1. The summed E-state index contributed by atoms with van der Waals surface area (Å²) >= 11 is 3.11. The van der Waals surface area contributed by atoms with Crippen LogP contribution in [-0.2, 0) is 0 Å². The number of amides is 1. The molecular formula is C17H14N2O3S2. The smallest absolute Gasteiger partial charge is 0.257 e. The minimum atomic E-state index is -0.211. The molecule has 7 heteroatoms. The van der Waals surface area contributed by atoms with Crippen LogP contribution in [0.5, 0.6) is 11.5 Å². The fourth-order valence-corrected chi connectivity index (χ4v) is 4.01. The van der Waals surface area contributed by atoms with Crippen molar-refractivity contribution in [3.8, 4) is 11.5 Å². The SMILES string of the molecule is CSc1cccc2sc(NC(=O)c3ccc4c(c3)OCCO4)nc12. The van der Waals surface area contributed by atoms with Gasteiger partial charge in [0, 0.05) is 10.5 Å². The zero-order valence-electron chi connectivity index (χ0n) is 12.9. The molecule has 1 aromatic heterocycles. The van der Waals surface area contributed by atoms with E-state index >= 15 is 0 Å². The first-order valence-electron chi connectivity index (χ1n) is 7.39. The van der Waals surface area contributed by atoms with Crippen molar-refractivity contribution in [3.05, 3.63) is 42.0 Å². The Hall–Kier alpha value is -2.25. The lowest BCUT2D eigenvalue weighted by molar-refractivity contribution is 0.102. The van der Waals surface area contributed by atoms with Crippen molar-refractivity contribution in [2.45, 2.75) is 4.90 Å².